The molecule has 1 fully saturated rings. The van der Waals surface area contributed by atoms with Crippen LogP contribution >= 0.6 is 0 Å². The smallest absolute Gasteiger partial charge is 0.256 e. The highest BCUT2D eigenvalue weighted by Crippen LogP contribution is 2.41. The monoisotopic (exact) mass is 454 g/mol. The number of nitriles is 1. The average Bonchev–Trinajstić information content (AvgIpc) is 3.41. The molecule has 2 aromatic carbocycles. The molecule has 172 valence electrons. The number of amides is 1. The van der Waals surface area contributed by atoms with Crippen LogP contribution in [0, 0.1) is 11.3 Å². The van der Waals surface area contributed by atoms with Crippen LogP contribution in [0.3, 0.4) is 0 Å². The molecule has 0 radical (unpaired) electrons. The molecule has 5 rings (SSSR count). The summed E-state index contributed by atoms with van der Waals surface area (Å²) in [6.45, 7) is 5.94. The summed E-state index contributed by atoms with van der Waals surface area (Å²) in [4.78, 5) is 23.7. The summed E-state index contributed by atoms with van der Waals surface area (Å²) in [5.74, 6) is 0.221. The first-order valence-electron chi connectivity index (χ1n) is 11.3. The van der Waals surface area contributed by atoms with Gasteiger partial charge < -0.3 is 20.6 Å². The van der Waals surface area contributed by atoms with E-state index in [0.717, 1.165) is 23.4 Å². The molecule has 8 heteroatoms. The zero-order valence-corrected chi connectivity index (χ0v) is 19.2. The van der Waals surface area contributed by atoms with Gasteiger partial charge in [-0.2, -0.15) is 5.26 Å². The molecule has 0 saturated carbocycles. The maximum Gasteiger partial charge on any atom is 0.256 e. The number of aliphatic hydroxyl groups is 1. The lowest BCUT2D eigenvalue weighted by Crippen LogP contribution is -2.30. The van der Waals surface area contributed by atoms with Crippen molar-refractivity contribution < 1.29 is 9.90 Å². The molecule has 2 aliphatic heterocycles. The largest absolute Gasteiger partial charge is 0.391 e. The van der Waals surface area contributed by atoms with Gasteiger partial charge >= 0.3 is 0 Å². The van der Waals surface area contributed by atoms with Crippen molar-refractivity contribution in [3.63, 3.8) is 0 Å². The molecule has 0 bridgehead atoms. The highest BCUT2D eigenvalue weighted by molar-refractivity contribution is 6.00. The number of aliphatic hydroxyl groups excluding tert-OH is 1. The van der Waals surface area contributed by atoms with Gasteiger partial charge in [-0.15, -0.1) is 0 Å². The molecule has 1 saturated heterocycles. The number of rotatable bonds is 4. The lowest BCUT2D eigenvalue weighted by atomic mass is 9.85. The summed E-state index contributed by atoms with van der Waals surface area (Å²) in [6, 6.07) is 15.3. The molecular formula is C26H26N6O2. The van der Waals surface area contributed by atoms with Crippen LogP contribution in [0.25, 0.3) is 11.3 Å². The molecule has 1 aromatic heterocycles. The zero-order chi connectivity index (χ0) is 23.9. The van der Waals surface area contributed by atoms with Gasteiger partial charge in [-0.3, -0.25) is 4.79 Å². The van der Waals surface area contributed by atoms with Crippen LogP contribution in [0.5, 0.6) is 0 Å². The van der Waals surface area contributed by atoms with Crippen molar-refractivity contribution in [2.24, 2.45) is 0 Å². The van der Waals surface area contributed by atoms with Crippen molar-refractivity contribution >= 4 is 23.2 Å². The number of likely N-dealkylation sites (tertiary alicyclic amines) is 1. The summed E-state index contributed by atoms with van der Waals surface area (Å²) in [6.07, 6.45) is 1.77. The summed E-state index contributed by atoms with van der Waals surface area (Å²) in [5, 5.41) is 26.1. The highest BCUT2D eigenvalue weighted by Gasteiger charge is 2.32. The molecule has 2 aliphatic rings. The Morgan fingerprint density at radius 3 is 2.88 bits per heavy atom. The Bertz CT molecular complexity index is 1310. The molecular weight excluding hydrogens is 428 g/mol. The first-order chi connectivity index (χ1) is 16.4. The average molecular weight is 455 g/mol. The van der Waals surface area contributed by atoms with Crippen LogP contribution in [-0.2, 0) is 5.41 Å². The fraction of sp³-hybridized carbons (Fsp3) is 0.308. The molecule has 1 atom stereocenters. The van der Waals surface area contributed by atoms with E-state index in [0.29, 0.717) is 48.0 Å². The van der Waals surface area contributed by atoms with Gasteiger partial charge in [0.2, 0.25) is 5.95 Å². The van der Waals surface area contributed by atoms with Gasteiger partial charge in [0.1, 0.15) is 6.07 Å². The number of hydrogen-bond donors (Lipinski definition) is 3. The van der Waals surface area contributed by atoms with Crippen molar-refractivity contribution in [1.29, 1.82) is 5.26 Å². The van der Waals surface area contributed by atoms with Crippen molar-refractivity contribution in [1.82, 2.24) is 14.9 Å². The molecule has 3 heterocycles. The Kier molecular flexibility index (Phi) is 5.42. The van der Waals surface area contributed by atoms with Crippen LogP contribution < -0.4 is 10.6 Å². The number of fused-ring (bicyclic) bond motifs is 1. The van der Waals surface area contributed by atoms with E-state index in [1.807, 2.05) is 30.3 Å². The molecule has 1 unspecified atom stereocenters. The van der Waals surface area contributed by atoms with Crippen LogP contribution in [0.1, 0.15) is 41.8 Å². The Labute approximate surface area is 198 Å². The van der Waals surface area contributed by atoms with Gasteiger partial charge in [-0.25, -0.2) is 9.97 Å². The Balaban J connectivity index is 1.46. The standard InChI is InChI=1S/C26H26N6O2/c1-26(2)15-29-23-17(13-27)11-16(12-20(23)26)21-7-9-28-25(30-21)31-22-6-4-3-5-19(22)24(34)32-10-8-18(33)14-32/h3-7,9,11-12,18,29,33H,8,10,14-15H2,1-2H3,(H,28,30,31). The Morgan fingerprint density at radius 1 is 1.29 bits per heavy atom. The molecule has 34 heavy (non-hydrogen) atoms. The fourth-order valence-corrected chi connectivity index (χ4v) is 4.58. The van der Waals surface area contributed by atoms with Crippen LogP contribution in [0.2, 0.25) is 0 Å². The van der Waals surface area contributed by atoms with Gasteiger partial charge in [0.15, 0.2) is 0 Å². The van der Waals surface area contributed by atoms with Crippen molar-refractivity contribution in [3.05, 3.63) is 65.4 Å². The van der Waals surface area contributed by atoms with Crippen molar-refractivity contribution in [2.75, 3.05) is 30.3 Å². The maximum atomic E-state index is 13.0. The minimum absolute atomic E-state index is 0.0898. The number of nitrogens with zero attached hydrogens (tertiary/aromatic N) is 4. The number of hydrogen-bond acceptors (Lipinski definition) is 7. The highest BCUT2D eigenvalue weighted by atomic mass is 16.3. The number of nitrogens with one attached hydrogen (secondary N) is 2. The molecule has 0 spiro atoms. The summed E-state index contributed by atoms with van der Waals surface area (Å²) >= 11 is 0. The van der Waals surface area contributed by atoms with Gasteiger partial charge in [0.25, 0.3) is 5.91 Å². The van der Waals surface area contributed by atoms with Gasteiger partial charge in [-0.05, 0) is 42.3 Å². The zero-order valence-electron chi connectivity index (χ0n) is 19.2. The van der Waals surface area contributed by atoms with Gasteiger partial charge in [-0.1, -0.05) is 26.0 Å². The summed E-state index contributed by atoms with van der Waals surface area (Å²) < 4.78 is 0. The van der Waals surface area contributed by atoms with E-state index in [2.05, 4.69) is 46.6 Å². The molecule has 0 aliphatic carbocycles. The summed E-state index contributed by atoms with van der Waals surface area (Å²) in [7, 11) is 0. The number of carbonyl (C=O) groups is 1. The first kappa shape index (κ1) is 21.9. The Hall–Kier alpha value is -3.96. The lowest BCUT2D eigenvalue weighted by Gasteiger charge is -2.19. The van der Waals surface area contributed by atoms with E-state index in [9.17, 15) is 15.2 Å². The molecule has 1 amide bonds. The number of carbonyl (C=O) groups excluding carboxylic acids is 1. The third-order valence-electron chi connectivity index (χ3n) is 6.50. The van der Waals surface area contributed by atoms with Crippen molar-refractivity contribution in [3.8, 4) is 17.3 Å². The first-order valence-corrected chi connectivity index (χ1v) is 11.3. The second-order valence-electron chi connectivity index (χ2n) is 9.43. The SMILES string of the molecule is CC1(C)CNc2c(C#N)cc(-c3ccnc(Nc4ccccc4C(=O)N4CCC(O)C4)n3)cc21. The summed E-state index contributed by atoms with van der Waals surface area (Å²) in [5.41, 5.74) is 5.12. The number of para-hydroxylation sites is 1. The van der Waals surface area contributed by atoms with Crippen molar-refractivity contribution in [2.45, 2.75) is 31.8 Å². The normalized spacial score (nSPS) is 18.2. The number of benzene rings is 2. The number of β-amino-alcohol motifs (C(OH)–C–C–N with tert-alkyl or cyclic N) is 1. The van der Waals surface area contributed by atoms with E-state index < -0.39 is 6.10 Å². The number of aromatic nitrogens is 2. The quantitative estimate of drug-likeness (QED) is 0.551. The number of anilines is 3. The van der Waals surface area contributed by atoms with Crippen LogP contribution in [-0.4, -0.2) is 51.6 Å². The lowest BCUT2D eigenvalue weighted by molar-refractivity contribution is 0.0766. The molecule has 3 N–H and O–H groups in total. The fourth-order valence-electron chi connectivity index (χ4n) is 4.58. The van der Waals surface area contributed by atoms with E-state index >= 15 is 0 Å². The predicted octanol–water partition coefficient (Wildman–Crippen LogP) is 3.67. The second-order valence-corrected chi connectivity index (χ2v) is 9.43. The van der Waals surface area contributed by atoms with E-state index in [4.69, 9.17) is 0 Å². The molecule has 3 aromatic rings. The molecule has 8 nitrogen and oxygen atoms in total. The van der Waals surface area contributed by atoms with E-state index in [1.54, 1.807) is 17.2 Å². The van der Waals surface area contributed by atoms with E-state index in [-0.39, 0.29) is 11.3 Å². The van der Waals surface area contributed by atoms with Gasteiger partial charge in [0, 0.05) is 36.8 Å². The van der Waals surface area contributed by atoms with E-state index in [1.165, 1.54) is 0 Å². The third-order valence-corrected chi connectivity index (χ3v) is 6.50. The maximum absolute atomic E-state index is 13.0. The topological polar surface area (TPSA) is 114 Å². The Morgan fingerprint density at radius 2 is 2.12 bits per heavy atom. The predicted molar refractivity (Wildman–Crippen MR) is 130 cm³/mol. The van der Waals surface area contributed by atoms with Crippen LogP contribution in [0.4, 0.5) is 17.3 Å². The van der Waals surface area contributed by atoms with Crippen LogP contribution in [0.15, 0.2) is 48.7 Å². The minimum Gasteiger partial charge on any atom is -0.391 e. The minimum atomic E-state index is -0.477. The second kappa shape index (κ2) is 8.43. The third kappa shape index (κ3) is 3.95. The van der Waals surface area contributed by atoms with Gasteiger partial charge in [0.05, 0.1) is 34.3 Å².